The normalized spacial score (nSPS) is 11.3. The highest BCUT2D eigenvalue weighted by Gasteiger charge is 2.12. The first-order valence-corrected chi connectivity index (χ1v) is 7.25. The van der Waals surface area contributed by atoms with Gasteiger partial charge in [-0.05, 0) is 40.8 Å². The molecule has 0 atom stereocenters. The van der Waals surface area contributed by atoms with Gasteiger partial charge >= 0.3 is 0 Å². The summed E-state index contributed by atoms with van der Waals surface area (Å²) in [7, 11) is 0. The van der Waals surface area contributed by atoms with Gasteiger partial charge in [-0.15, -0.1) is 10.2 Å². The Morgan fingerprint density at radius 1 is 1.10 bits per heavy atom. The molecule has 0 fully saturated rings. The van der Waals surface area contributed by atoms with Gasteiger partial charge in [-0.2, -0.15) is 0 Å². The molecule has 1 aromatic heterocycles. The minimum Gasteiger partial charge on any atom is -0.493 e. The van der Waals surface area contributed by atoms with Crippen molar-refractivity contribution in [1.82, 2.24) is 4.98 Å². The van der Waals surface area contributed by atoms with E-state index in [1.807, 2.05) is 30.3 Å². The van der Waals surface area contributed by atoms with Gasteiger partial charge in [0.05, 0.1) is 11.1 Å². The number of fused-ring (bicyclic) bond motifs is 1. The Morgan fingerprint density at radius 3 is 2.62 bits per heavy atom. The Morgan fingerprint density at radius 2 is 1.81 bits per heavy atom. The molecule has 0 saturated carbocycles. The molecule has 1 heterocycles. The van der Waals surface area contributed by atoms with E-state index >= 15 is 0 Å². The van der Waals surface area contributed by atoms with E-state index in [9.17, 15) is 9.90 Å². The van der Waals surface area contributed by atoms with E-state index in [1.165, 1.54) is 0 Å². The van der Waals surface area contributed by atoms with Gasteiger partial charge < -0.3 is 10.1 Å². The van der Waals surface area contributed by atoms with Crippen LogP contribution in [-0.2, 0) is 0 Å². The van der Waals surface area contributed by atoms with Crippen molar-refractivity contribution in [3.05, 3.63) is 57.7 Å². The summed E-state index contributed by atoms with van der Waals surface area (Å²) in [6.45, 7) is 0. The molecule has 2 aromatic carbocycles. The fraction of sp³-hybridized carbons (Fsp3) is 0. The number of aromatic hydroxyl groups is 1. The predicted octanol–water partition coefficient (Wildman–Crippen LogP) is 4.40. The first-order valence-electron chi connectivity index (χ1n) is 6.17. The predicted molar refractivity (Wildman–Crippen MR) is 88.0 cm³/mol. The number of aromatic nitrogens is 1. The molecule has 0 bridgehead atoms. The molecular formula is C15H10IN3O2. The van der Waals surface area contributed by atoms with Crippen LogP contribution in [0.4, 0.5) is 5.69 Å². The maximum Gasteiger partial charge on any atom is 0.296 e. The summed E-state index contributed by atoms with van der Waals surface area (Å²) in [5.41, 5.74) is 1.50. The Labute approximate surface area is 133 Å². The van der Waals surface area contributed by atoms with E-state index in [0.717, 1.165) is 9.09 Å². The van der Waals surface area contributed by atoms with Crippen LogP contribution < -0.4 is 0 Å². The van der Waals surface area contributed by atoms with Crippen molar-refractivity contribution < 1.29 is 9.90 Å². The second kappa shape index (κ2) is 5.65. The molecule has 104 valence electrons. The highest BCUT2D eigenvalue weighted by atomic mass is 127. The third-order valence-corrected chi connectivity index (χ3v) is 3.95. The molecule has 3 rings (SSSR count). The van der Waals surface area contributed by atoms with Crippen LogP contribution in [-0.4, -0.2) is 16.0 Å². The largest absolute Gasteiger partial charge is 0.493 e. The molecule has 21 heavy (non-hydrogen) atoms. The number of amides is 1. The molecule has 3 aromatic rings. The molecule has 0 radical (unpaired) electrons. The van der Waals surface area contributed by atoms with Crippen LogP contribution in [0.1, 0.15) is 10.4 Å². The molecule has 0 aliphatic rings. The van der Waals surface area contributed by atoms with Crippen LogP contribution in [0.2, 0.25) is 0 Å². The molecule has 0 spiro atoms. The number of halogens is 1. The number of rotatable bonds is 2. The number of hydrogen-bond acceptors (Lipinski definition) is 3. The van der Waals surface area contributed by atoms with E-state index in [0.29, 0.717) is 10.9 Å². The number of nitrogens with zero attached hydrogens (tertiary/aromatic N) is 2. The van der Waals surface area contributed by atoms with Crippen molar-refractivity contribution in [2.24, 2.45) is 10.2 Å². The number of aromatic amines is 1. The van der Waals surface area contributed by atoms with E-state index in [-0.39, 0.29) is 11.6 Å². The first-order chi connectivity index (χ1) is 10.2. The molecular weight excluding hydrogens is 381 g/mol. The third kappa shape index (κ3) is 2.66. The molecule has 0 saturated heterocycles. The summed E-state index contributed by atoms with van der Waals surface area (Å²) >= 11 is 2.07. The minimum atomic E-state index is -0.440. The first kappa shape index (κ1) is 13.7. The summed E-state index contributed by atoms with van der Waals surface area (Å²) in [5.74, 6) is -0.541. The van der Waals surface area contributed by atoms with E-state index in [4.69, 9.17) is 0 Å². The number of hydrogen-bond donors (Lipinski definition) is 2. The van der Waals surface area contributed by atoms with E-state index in [1.54, 1.807) is 18.2 Å². The van der Waals surface area contributed by atoms with Crippen molar-refractivity contribution in [2.45, 2.75) is 0 Å². The maximum atomic E-state index is 12.1. The Balaban J connectivity index is 1.97. The number of azo groups is 1. The maximum absolute atomic E-state index is 12.1. The fourth-order valence-electron chi connectivity index (χ4n) is 2.00. The van der Waals surface area contributed by atoms with Crippen molar-refractivity contribution in [2.75, 3.05) is 0 Å². The average Bonchev–Trinajstić information content (AvgIpc) is 2.81. The van der Waals surface area contributed by atoms with Crippen molar-refractivity contribution in [1.29, 1.82) is 0 Å². The minimum absolute atomic E-state index is 0.101. The molecule has 1 amide bonds. The lowest BCUT2D eigenvalue weighted by Gasteiger charge is -1.97. The molecule has 0 unspecified atom stereocenters. The molecule has 2 N–H and O–H groups in total. The zero-order valence-electron chi connectivity index (χ0n) is 10.7. The van der Waals surface area contributed by atoms with Gasteiger partial charge in [0.25, 0.3) is 5.91 Å². The van der Waals surface area contributed by atoms with Crippen molar-refractivity contribution in [3.63, 3.8) is 0 Å². The van der Waals surface area contributed by atoms with Gasteiger partial charge in [-0.3, -0.25) is 4.79 Å². The SMILES string of the molecule is O=C(N=Nc1c(O)[nH]c2ccccc12)c1ccccc1I. The third-order valence-electron chi connectivity index (χ3n) is 3.00. The number of carbonyl (C=O) groups is 1. The van der Waals surface area contributed by atoms with Crippen molar-refractivity contribution >= 4 is 45.1 Å². The lowest BCUT2D eigenvalue weighted by Crippen LogP contribution is -1.96. The van der Waals surface area contributed by atoms with Crippen molar-refractivity contribution in [3.8, 4) is 5.88 Å². The number of para-hydroxylation sites is 1. The summed E-state index contributed by atoms with van der Waals surface area (Å²) in [5, 5.41) is 18.2. The topological polar surface area (TPSA) is 77.8 Å². The lowest BCUT2D eigenvalue weighted by molar-refractivity contribution is 0.0994. The van der Waals surface area contributed by atoms with Crippen LogP contribution in [0.15, 0.2) is 58.8 Å². The van der Waals surface area contributed by atoms with E-state index in [2.05, 4.69) is 37.8 Å². The van der Waals surface area contributed by atoms with Crippen LogP contribution in [0.3, 0.4) is 0 Å². The number of nitrogens with one attached hydrogen (secondary N) is 1. The zero-order chi connectivity index (χ0) is 14.8. The Bertz CT molecular complexity index is 855. The molecule has 0 aliphatic carbocycles. The fourth-order valence-corrected chi connectivity index (χ4v) is 2.62. The average molecular weight is 391 g/mol. The van der Waals surface area contributed by atoms with Gasteiger partial charge in [0.2, 0.25) is 5.88 Å². The molecule has 0 aliphatic heterocycles. The van der Waals surface area contributed by atoms with Crippen LogP contribution in [0.5, 0.6) is 5.88 Å². The highest BCUT2D eigenvalue weighted by molar-refractivity contribution is 14.1. The van der Waals surface area contributed by atoms with Gasteiger partial charge in [-0.1, -0.05) is 30.3 Å². The smallest absolute Gasteiger partial charge is 0.296 e. The Kier molecular flexibility index (Phi) is 3.70. The summed E-state index contributed by atoms with van der Waals surface area (Å²) < 4.78 is 0.808. The standard InChI is InChI=1S/C15H10IN3O2/c16-11-7-3-1-5-9(11)14(20)19-18-13-10-6-2-4-8-12(10)17-15(13)21/h1-8,17,21H. The van der Waals surface area contributed by atoms with Gasteiger partial charge in [-0.25, -0.2) is 0 Å². The zero-order valence-corrected chi connectivity index (χ0v) is 12.9. The van der Waals surface area contributed by atoms with E-state index < -0.39 is 5.91 Å². The van der Waals surface area contributed by atoms with Gasteiger partial charge in [0.1, 0.15) is 0 Å². The Hall–Kier alpha value is -2.22. The highest BCUT2D eigenvalue weighted by Crippen LogP contribution is 2.35. The van der Waals surface area contributed by atoms with Gasteiger partial charge in [0, 0.05) is 8.96 Å². The second-order valence-electron chi connectivity index (χ2n) is 4.35. The number of H-pyrrole nitrogens is 1. The molecule has 6 heteroatoms. The van der Waals surface area contributed by atoms with Crippen LogP contribution in [0.25, 0.3) is 10.9 Å². The van der Waals surface area contributed by atoms with Crippen LogP contribution >= 0.6 is 22.6 Å². The number of benzene rings is 2. The quantitative estimate of drug-likeness (QED) is 0.502. The summed E-state index contributed by atoms with van der Waals surface area (Å²) in [4.78, 5) is 14.8. The lowest BCUT2D eigenvalue weighted by atomic mass is 10.2. The van der Waals surface area contributed by atoms with Crippen LogP contribution in [0, 0.1) is 3.57 Å². The number of carbonyl (C=O) groups excluding carboxylic acids is 1. The second-order valence-corrected chi connectivity index (χ2v) is 5.51. The monoisotopic (exact) mass is 391 g/mol. The summed E-state index contributed by atoms with van der Waals surface area (Å²) in [6.07, 6.45) is 0. The summed E-state index contributed by atoms with van der Waals surface area (Å²) in [6, 6.07) is 14.4. The van der Waals surface area contributed by atoms with Gasteiger partial charge in [0.15, 0.2) is 5.69 Å². The molecule has 5 nitrogen and oxygen atoms in total.